The van der Waals surface area contributed by atoms with Crippen LogP contribution in [0.2, 0.25) is 0 Å². The van der Waals surface area contributed by atoms with E-state index in [0.29, 0.717) is 11.4 Å². The second-order valence-corrected chi connectivity index (χ2v) is 7.77. The van der Waals surface area contributed by atoms with E-state index in [-0.39, 0.29) is 6.04 Å². The molecule has 124 valence electrons. The van der Waals surface area contributed by atoms with Gasteiger partial charge in [0.1, 0.15) is 5.75 Å². The van der Waals surface area contributed by atoms with Crippen LogP contribution in [0.3, 0.4) is 0 Å². The van der Waals surface area contributed by atoms with Crippen LogP contribution in [0.25, 0.3) is 0 Å². The minimum Gasteiger partial charge on any atom is -0.496 e. The van der Waals surface area contributed by atoms with Gasteiger partial charge >= 0.3 is 0 Å². The van der Waals surface area contributed by atoms with Gasteiger partial charge in [-0.2, -0.15) is 0 Å². The maximum atomic E-state index is 11.5. The Morgan fingerprint density at radius 3 is 2.35 bits per heavy atom. The first-order valence-corrected chi connectivity index (χ1v) is 9.37. The zero-order valence-corrected chi connectivity index (χ0v) is 14.8. The van der Waals surface area contributed by atoms with Crippen LogP contribution < -0.4 is 10.1 Å². The van der Waals surface area contributed by atoms with Crippen LogP contribution in [0.4, 0.5) is 0 Å². The number of benzene rings is 2. The maximum absolute atomic E-state index is 11.5. The maximum Gasteiger partial charge on any atom is 0.175 e. The molecular weight excluding hydrogens is 310 g/mol. The lowest BCUT2D eigenvalue weighted by atomic mass is 10.1. The van der Waals surface area contributed by atoms with E-state index in [0.717, 1.165) is 16.9 Å². The van der Waals surface area contributed by atoms with Crippen molar-refractivity contribution in [2.45, 2.75) is 31.3 Å². The monoisotopic (exact) mass is 333 g/mol. The van der Waals surface area contributed by atoms with Gasteiger partial charge in [-0.05, 0) is 37.6 Å². The van der Waals surface area contributed by atoms with E-state index in [1.807, 2.05) is 24.3 Å². The van der Waals surface area contributed by atoms with Crippen molar-refractivity contribution >= 4 is 9.84 Å². The van der Waals surface area contributed by atoms with Crippen molar-refractivity contribution in [2.75, 3.05) is 13.4 Å². The summed E-state index contributed by atoms with van der Waals surface area (Å²) in [5.41, 5.74) is 3.34. The van der Waals surface area contributed by atoms with Crippen molar-refractivity contribution in [1.82, 2.24) is 5.32 Å². The Bertz CT molecular complexity index is 767. The molecule has 0 bridgehead atoms. The Morgan fingerprint density at radius 1 is 1.13 bits per heavy atom. The molecule has 1 N–H and O–H groups in total. The average Bonchev–Trinajstić information content (AvgIpc) is 2.52. The minimum absolute atomic E-state index is 0.105. The van der Waals surface area contributed by atoms with Crippen LogP contribution in [0.1, 0.15) is 29.7 Å². The third-order valence-electron chi connectivity index (χ3n) is 3.84. The minimum atomic E-state index is -3.15. The van der Waals surface area contributed by atoms with Crippen molar-refractivity contribution in [1.29, 1.82) is 0 Å². The molecule has 4 nitrogen and oxygen atoms in total. The van der Waals surface area contributed by atoms with Gasteiger partial charge in [0.2, 0.25) is 0 Å². The number of rotatable bonds is 6. The predicted octanol–water partition coefficient (Wildman–Crippen LogP) is 3.26. The Balaban J connectivity index is 2.08. The van der Waals surface area contributed by atoms with Crippen molar-refractivity contribution in [2.24, 2.45) is 0 Å². The second-order valence-electron chi connectivity index (χ2n) is 5.76. The number of hydrogen-bond acceptors (Lipinski definition) is 4. The number of methoxy groups -OCH3 is 1. The molecule has 1 atom stereocenters. The number of ether oxygens (including phenoxy) is 1. The average molecular weight is 333 g/mol. The van der Waals surface area contributed by atoms with Crippen LogP contribution in [0.5, 0.6) is 5.75 Å². The topological polar surface area (TPSA) is 55.4 Å². The fraction of sp³-hybridized carbons (Fsp3) is 0.333. The van der Waals surface area contributed by atoms with Crippen LogP contribution in [-0.2, 0) is 16.4 Å². The summed E-state index contributed by atoms with van der Waals surface area (Å²) in [4.78, 5) is 0.341. The van der Waals surface area contributed by atoms with Crippen LogP contribution >= 0.6 is 0 Å². The molecule has 0 amide bonds. The Morgan fingerprint density at radius 2 is 1.78 bits per heavy atom. The third-order valence-corrected chi connectivity index (χ3v) is 4.97. The first-order valence-electron chi connectivity index (χ1n) is 7.48. The molecule has 23 heavy (non-hydrogen) atoms. The smallest absolute Gasteiger partial charge is 0.175 e. The summed E-state index contributed by atoms with van der Waals surface area (Å²) in [5.74, 6) is 0.864. The molecule has 0 saturated heterocycles. The van der Waals surface area contributed by atoms with Crippen molar-refractivity contribution in [3.8, 4) is 5.75 Å². The van der Waals surface area contributed by atoms with Crippen LogP contribution in [-0.4, -0.2) is 21.8 Å². The van der Waals surface area contributed by atoms with E-state index in [4.69, 9.17) is 4.74 Å². The Kier molecular flexibility index (Phi) is 5.44. The Labute approximate surface area is 138 Å². The van der Waals surface area contributed by atoms with E-state index in [9.17, 15) is 8.42 Å². The molecule has 0 heterocycles. The van der Waals surface area contributed by atoms with Crippen LogP contribution in [0.15, 0.2) is 47.4 Å². The van der Waals surface area contributed by atoms with Crippen molar-refractivity contribution in [3.05, 3.63) is 59.2 Å². The van der Waals surface area contributed by atoms with Gasteiger partial charge in [-0.15, -0.1) is 0 Å². The lowest BCUT2D eigenvalue weighted by molar-refractivity contribution is 0.406. The zero-order valence-electron chi connectivity index (χ0n) is 14.0. The van der Waals surface area contributed by atoms with E-state index in [1.54, 1.807) is 19.2 Å². The number of hydrogen-bond donors (Lipinski definition) is 1. The fourth-order valence-electron chi connectivity index (χ4n) is 2.43. The predicted molar refractivity (Wildman–Crippen MR) is 92.5 cm³/mol. The van der Waals surface area contributed by atoms with Crippen LogP contribution in [0, 0.1) is 6.92 Å². The van der Waals surface area contributed by atoms with Crippen molar-refractivity contribution < 1.29 is 13.2 Å². The first-order chi connectivity index (χ1) is 10.8. The standard InChI is InChI=1S/C18H23NO3S/c1-13-5-10-18(22-3)16(11-13)12-19-14(2)15-6-8-17(9-7-15)23(4,20)21/h5-11,14,19H,12H2,1-4H3/t14-/m0/s1. The number of aryl methyl sites for hydroxylation is 1. The summed E-state index contributed by atoms with van der Waals surface area (Å²) in [6, 6.07) is 13.2. The molecule has 0 fully saturated rings. The fourth-order valence-corrected chi connectivity index (χ4v) is 3.06. The quantitative estimate of drug-likeness (QED) is 0.881. The van der Waals surface area contributed by atoms with Gasteiger partial charge in [-0.3, -0.25) is 0 Å². The zero-order chi connectivity index (χ0) is 17.0. The molecule has 0 unspecified atom stereocenters. The molecule has 2 aromatic carbocycles. The van der Waals surface area contributed by atoms with Gasteiger partial charge in [-0.1, -0.05) is 29.8 Å². The molecule has 0 aliphatic heterocycles. The molecule has 0 aliphatic rings. The second kappa shape index (κ2) is 7.15. The molecule has 2 rings (SSSR count). The summed E-state index contributed by atoms with van der Waals surface area (Å²) in [6.45, 7) is 4.79. The normalized spacial score (nSPS) is 12.9. The number of nitrogens with one attached hydrogen (secondary N) is 1. The van der Waals surface area contributed by atoms with E-state index >= 15 is 0 Å². The molecule has 0 aliphatic carbocycles. The SMILES string of the molecule is COc1ccc(C)cc1CN[C@@H](C)c1ccc(S(C)(=O)=O)cc1. The molecule has 0 aromatic heterocycles. The van der Waals surface area contributed by atoms with Gasteiger partial charge in [0.25, 0.3) is 0 Å². The third kappa shape index (κ3) is 4.56. The summed E-state index contributed by atoms with van der Waals surface area (Å²) in [7, 11) is -1.48. The highest BCUT2D eigenvalue weighted by Crippen LogP contribution is 2.21. The Hall–Kier alpha value is -1.85. The first kappa shape index (κ1) is 17.5. The summed E-state index contributed by atoms with van der Waals surface area (Å²) in [6.07, 6.45) is 1.22. The molecule has 0 radical (unpaired) electrons. The highest BCUT2D eigenvalue weighted by atomic mass is 32.2. The lowest BCUT2D eigenvalue weighted by Gasteiger charge is -2.16. The molecule has 0 saturated carbocycles. The van der Waals surface area contributed by atoms with Gasteiger partial charge < -0.3 is 10.1 Å². The lowest BCUT2D eigenvalue weighted by Crippen LogP contribution is -2.18. The van der Waals surface area contributed by atoms with Gasteiger partial charge in [0.05, 0.1) is 12.0 Å². The summed E-state index contributed by atoms with van der Waals surface area (Å²) >= 11 is 0. The highest BCUT2D eigenvalue weighted by Gasteiger charge is 2.10. The van der Waals surface area contributed by atoms with E-state index < -0.39 is 9.84 Å². The van der Waals surface area contributed by atoms with Gasteiger partial charge in [-0.25, -0.2) is 8.42 Å². The molecule has 0 spiro atoms. The van der Waals surface area contributed by atoms with E-state index in [2.05, 4.69) is 25.2 Å². The largest absolute Gasteiger partial charge is 0.496 e. The van der Waals surface area contributed by atoms with Gasteiger partial charge in [0.15, 0.2) is 9.84 Å². The number of sulfone groups is 1. The molecule has 5 heteroatoms. The van der Waals surface area contributed by atoms with Gasteiger partial charge in [0, 0.05) is 24.4 Å². The highest BCUT2D eigenvalue weighted by molar-refractivity contribution is 7.90. The molecule has 2 aromatic rings. The van der Waals surface area contributed by atoms with E-state index in [1.165, 1.54) is 11.8 Å². The summed E-state index contributed by atoms with van der Waals surface area (Å²) in [5, 5.41) is 3.45. The van der Waals surface area contributed by atoms with Crippen molar-refractivity contribution in [3.63, 3.8) is 0 Å². The summed E-state index contributed by atoms with van der Waals surface area (Å²) < 4.78 is 28.4. The molecular formula is C18H23NO3S.